The van der Waals surface area contributed by atoms with E-state index in [4.69, 9.17) is 26.9 Å². The zero-order valence-corrected chi connectivity index (χ0v) is 8.62. The summed E-state index contributed by atoms with van der Waals surface area (Å²) in [7, 11) is 2.84. The van der Waals surface area contributed by atoms with Crippen molar-refractivity contribution in [2.75, 3.05) is 20.0 Å². The molecule has 0 amide bonds. The van der Waals surface area contributed by atoms with E-state index < -0.39 is 0 Å². The van der Waals surface area contributed by atoms with Crippen molar-refractivity contribution in [2.24, 2.45) is 0 Å². The number of ether oxygens (including phenoxy) is 2. The summed E-state index contributed by atoms with van der Waals surface area (Å²) in [6.07, 6.45) is 1.48. The summed E-state index contributed by atoms with van der Waals surface area (Å²) in [6.45, 7) is 0.375. The van der Waals surface area contributed by atoms with Crippen molar-refractivity contribution in [3.63, 3.8) is 0 Å². The van der Waals surface area contributed by atoms with Crippen LogP contribution < -0.4 is 10.5 Å². The number of hydrogen-bond donors (Lipinski definition) is 1. The largest absolute Gasteiger partial charge is 0.493 e. The van der Waals surface area contributed by atoms with Gasteiger partial charge in [0.1, 0.15) is 5.15 Å². The Hall–Kier alpha value is -1.49. The molecule has 0 aliphatic carbocycles. The number of carbonyl (C=O) groups is 1. The van der Waals surface area contributed by atoms with Gasteiger partial charge in [0, 0.05) is 6.07 Å². The van der Waals surface area contributed by atoms with Crippen LogP contribution in [0.3, 0.4) is 0 Å². The fraction of sp³-hybridized carbons (Fsp3) is 0.250. The molecule has 1 rings (SSSR count). The van der Waals surface area contributed by atoms with Gasteiger partial charge in [-0.05, 0) is 0 Å². The number of hydrogen-bond acceptors (Lipinski definition) is 5. The molecule has 0 radical (unpaired) electrons. The predicted molar refractivity (Wildman–Crippen MR) is 53.3 cm³/mol. The Balaban J connectivity index is 0.000000364. The first-order valence-corrected chi connectivity index (χ1v) is 3.95. The maximum absolute atomic E-state index is 8.95. The maximum Gasteiger partial charge on any atom is 0.292 e. The Morgan fingerprint density at radius 2 is 2.14 bits per heavy atom. The molecule has 6 heteroatoms. The zero-order valence-electron chi connectivity index (χ0n) is 7.86. The van der Waals surface area contributed by atoms with Crippen LogP contribution in [0, 0.1) is 0 Å². The van der Waals surface area contributed by atoms with Gasteiger partial charge in [0.25, 0.3) is 6.47 Å². The number of carbonyl (C=O) groups excluding carboxylic acids is 1. The van der Waals surface area contributed by atoms with Gasteiger partial charge in [-0.25, -0.2) is 4.98 Å². The van der Waals surface area contributed by atoms with Crippen molar-refractivity contribution in [2.45, 2.75) is 0 Å². The van der Waals surface area contributed by atoms with Crippen molar-refractivity contribution in [3.05, 3.63) is 17.4 Å². The lowest BCUT2D eigenvalue weighted by molar-refractivity contribution is -0.126. The number of methoxy groups -OCH3 is 2. The minimum Gasteiger partial charge on any atom is -0.493 e. The van der Waals surface area contributed by atoms with Gasteiger partial charge in [-0.3, -0.25) is 4.79 Å². The summed E-state index contributed by atoms with van der Waals surface area (Å²) in [5.41, 5.74) is 5.98. The van der Waals surface area contributed by atoms with Gasteiger partial charge in [0.2, 0.25) is 0 Å². The van der Waals surface area contributed by atoms with E-state index in [0.717, 1.165) is 0 Å². The summed E-state index contributed by atoms with van der Waals surface area (Å²) in [5, 5.41) is 0.373. The molecule has 0 aromatic carbocycles. The Labute approximate surface area is 86.8 Å². The first-order chi connectivity index (χ1) is 6.65. The average molecular weight is 219 g/mol. The minimum absolute atomic E-state index is 0.373. The number of nitrogen functional groups attached to an aromatic ring is 1. The van der Waals surface area contributed by atoms with E-state index in [-0.39, 0.29) is 0 Å². The van der Waals surface area contributed by atoms with Gasteiger partial charge >= 0.3 is 0 Å². The van der Waals surface area contributed by atoms with Crippen LogP contribution in [0.5, 0.6) is 5.75 Å². The van der Waals surface area contributed by atoms with Crippen molar-refractivity contribution in [3.8, 4) is 5.75 Å². The van der Waals surface area contributed by atoms with Gasteiger partial charge in [-0.2, -0.15) is 0 Å². The lowest BCUT2D eigenvalue weighted by atomic mass is 10.4. The highest BCUT2D eigenvalue weighted by molar-refractivity contribution is 6.29. The molecule has 2 N–H and O–H groups in total. The fourth-order valence-corrected chi connectivity index (χ4v) is 0.768. The topological polar surface area (TPSA) is 74.4 Å². The van der Waals surface area contributed by atoms with Crippen LogP contribution in [-0.4, -0.2) is 25.7 Å². The average Bonchev–Trinajstić information content (AvgIpc) is 2.18. The van der Waals surface area contributed by atoms with Crippen molar-refractivity contribution in [1.29, 1.82) is 0 Å². The van der Waals surface area contributed by atoms with Crippen LogP contribution in [0.1, 0.15) is 0 Å². The molecule has 0 atom stereocenters. The Kier molecular flexibility index (Phi) is 6.22. The number of pyridine rings is 1. The third-order valence-corrected chi connectivity index (χ3v) is 1.39. The van der Waals surface area contributed by atoms with E-state index in [1.54, 1.807) is 6.07 Å². The Morgan fingerprint density at radius 3 is 2.50 bits per heavy atom. The molecule has 0 unspecified atom stereocenters. The number of aromatic nitrogens is 1. The third kappa shape index (κ3) is 4.51. The smallest absolute Gasteiger partial charge is 0.292 e. The minimum atomic E-state index is 0.373. The molecule has 0 bridgehead atoms. The van der Waals surface area contributed by atoms with E-state index >= 15 is 0 Å². The summed E-state index contributed by atoms with van der Waals surface area (Å²) in [4.78, 5) is 12.7. The quantitative estimate of drug-likeness (QED) is 0.595. The molecule has 1 aromatic rings. The van der Waals surface area contributed by atoms with Gasteiger partial charge in [0.15, 0.2) is 5.75 Å². The molecular weight excluding hydrogens is 208 g/mol. The summed E-state index contributed by atoms with van der Waals surface area (Å²) >= 11 is 5.53. The molecule has 0 spiro atoms. The van der Waals surface area contributed by atoms with E-state index in [2.05, 4.69) is 9.72 Å². The molecule has 0 saturated carbocycles. The van der Waals surface area contributed by atoms with Crippen LogP contribution >= 0.6 is 11.6 Å². The summed E-state index contributed by atoms with van der Waals surface area (Å²) in [6, 6.07) is 1.54. The maximum atomic E-state index is 8.95. The van der Waals surface area contributed by atoms with Gasteiger partial charge in [-0.1, -0.05) is 11.6 Å². The van der Waals surface area contributed by atoms with Gasteiger partial charge in [-0.15, -0.1) is 0 Å². The number of nitrogens with two attached hydrogens (primary N) is 1. The summed E-state index contributed by atoms with van der Waals surface area (Å²) < 4.78 is 8.71. The molecule has 5 nitrogen and oxygen atoms in total. The lowest BCUT2D eigenvalue weighted by Gasteiger charge is -2.01. The zero-order chi connectivity index (χ0) is 11.0. The lowest BCUT2D eigenvalue weighted by Crippen LogP contribution is -1.92. The van der Waals surface area contributed by atoms with E-state index in [1.807, 2.05) is 0 Å². The van der Waals surface area contributed by atoms with Crippen molar-refractivity contribution >= 4 is 23.8 Å². The molecule has 1 heterocycles. The molecule has 14 heavy (non-hydrogen) atoms. The monoisotopic (exact) mass is 218 g/mol. The van der Waals surface area contributed by atoms with Gasteiger partial charge < -0.3 is 15.2 Å². The van der Waals surface area contributed by atoms with E-state index in [0.29, 0.717) is 23.1 Å². The standard InChI is InChI=1S/C6H7ClN2O.C2H4O2/c1-10-5-3-9-6(7)2-4(5)8;1-4-2-3/h2-3H,1H3,(H2,8,9);2H,1H3. The highest BCUT2D eigenvalue weighted by Gasteiger charge is 1.98. The van der Waals surface area contributed by atoms with Crippen LogP contribution in [0.4, 0.5) is 5.69 Å². The van der Waals surface area contributed by atoms with E-state index in [1.165, 1.54) is 20.4 Å². The highest BCUT2D eigenvalue weighted by atomic mass is 35.5. The molecular formula is C8H11ClN2O3. The third-order valence-electron chi connectivity index (χ3n) is 1.18. The Morgan fingerprint density at radius 1 is 1.57 bits per heavy atom. The SMILES string of the molecule is COC=O.COc1cnc(Cl)cc1N. The molecule has 0 fully saturated rings. The van der Waals surface area contributed by atoms with Gasteiger partial charge in [0.05, 0.1) is 26.1 Å². The van der Waals surface area contributed by atoms with E-state index in [9.17, 15) is 0 Å². The second kappa shape index (κ2) is 6.97. The fourth-order valence-electron chi connectivity index (χ4n) is 0.602. The predicted octanol–water partition coefficient (Wildman–Crippen LogP) is 1.11. The molecule has 0 saturated heterocycles. The second-order valence-electron chi connectivity index (χ2n) is 2.08. The van der Waals surface area contributed by atoms with Crippen LogP contribution in [0.25, 0.3) is 0 Å². The number of halogens is 1. The first kappa shape index (κ1) is 12.5. The highest BCUT2D eigenvalue weighted by Crippen LogP contribution is 2.21. The number of nitrogens with zero attached hydrogens (tertiary/aromatic N) is 1. The van der Waals surface area contributed by atoms with Crippen LogP contribution in [0.15, 0.2) is 12.3 Å². The van der Waals surface area contributed by atoms with Crippen molar-refractivity contribution in [1.82, 2.24) is 4.98 Å². The summed E-state index contributed by atoms with van der Waals surface area (Å²) in [5.74, 6) is 0.546. The number of anilines is 1. The number of rotatable bonds is 2. The normalized spacial score (nSPS) is 8.21. The van der Waals surface area contributed by atoms with Crippen LogP contribution in [0.2, 0.25) is 5.15 Å². The Bertz CT molecular complexity index is 294. The first-order valence-electron chi connectivity index (χ1n) is 3.57. The molecule has 78 valence electrons. The van der Waals surface area contributed by atoms with Crippen LogP contribution in [-0.2, 0) is 9.53 Å². The second-order valence-corrected chi connectivity index (χ2v) is 2.47. The molecule has 0 aliphatic rings. The molecule has 0 aliphatic heterocycles. The van der Waals surface area contributed by atoms with Crippen molar-refractivity contribution < 1.29 is 14.3 Å². The molecule has 1 aromatic heterocycles.